The molecule has 0 aliphatic rings. The first-order valence-corrected chi connectivity index (χ1v) is 10.5. The minimum absolute atomic E-state index is 0.528. The smallest absolute Gasteiger partial charge is 0.229 e. The monoisotopic (exact) mass is 389 g/mol. The molecule has 3 rings (SSSR count). The van der Waals surface area contributed by atoms with E-state index in [9.17, 15) is 8.42 Å². The van der Waals surface area contributed by atoms with Gasteiger partial charge in [-0.05, 0) is 43.3 Å². The summed E-state index contributed by atoms with van der Waals surface area (Å²) in [6.45, 7) is 2.01. The van der Waals surface area contributed by atoms with E-state index in [1.807, 2.05) is 43.3 Å². The zero-order valence-corrected chi connectivity index (χ0v) is 16.2. The van der Waals surface area contributed by atoms with Crippen LogP contribution < -0.4 is 14.8 Å². The highest BCUT2D eigenvalue weighted by molar-refractivity contribution is 7.92. The minimum Gasteiger partial charge on any atom is -0.497 e. The number of rotatable bonds is 6. The molecule has 0 spiro atoms. The van der Waals surface area contributed by atoms with Crippen LogP contribution in [0.5, 0.6) is 5.75 Å². The maximum Gasteiger partial charge on any atom is 0.229 e. The Balaban J connectivity index is 1.79. The standard InChI is InChI=1S/C18H19N3O3S2/c1-12-17(13-4-6-15(7-5-13)21-26(3,22)23)20-18(25-12)19-14-8-10-16(24-2)11-9-14/h4-11,21H,1-3H3,(H,19,20). The van der Waals surface area contributed by atoms with Crippen molar-refractivity contribution < 1.29 is 13.2 Å². The number of sulfonamides is 1. The molecule has 0 saturated carbocycles. The van der Waals surface area contributed by atoms with Crippen molar-refractivity contribution in [2.45, 2.75) is 6.92 Å². The first kappa shape index (κ1) is 18.2. The molecule has 0 aliphatic heterocycles. The van der Waals surface area contributed by atoms with Gasteiger partial charge < -0.3 is 10.1 Å². The van der Waals surface area contributed by atoms with Crippen LogP contribution >= 0.6 is 11.3 Å². The Kier molecular flexibility index (Phi) is 5.15. The fourth-order valence-electron chi connectivity index (χ4n) is 2.43. The van der Waals surface area contributed by atoms with Crippen LogP contribution in [-0.2, 0) is 10.0 Å². The Hall–Kier alpha value is -2.58. The van der Waals surface area contributed by atoms with Crippen LogP contribution in [0.15, 0.2) is 48.5 Å². The molecular weight excluding hydrogens is 370 g/mol. The van der Waals surface area contributed by atoms with Crippen LogP contribution in [-0.4, -0.2) is 26.8 Å². The maximum atomic E-state index is 11.3. The number of hydrogen-bond donors (Lipinski definition) is 2. The van der Waals surface area contributed by atoms with Gasteiger partial charge in [-0.25, -0.2) is 13.4 Å². The molecule has 0 unspecified atom stereocenters. The fraction of sp³-hybridized carbons (Fsp3) is 0.167. The Morgan fingerprint density at radius 3 is 2.19 bits per heavy atom. The van der Waals surface area contributed by atoms with Gasteiger partial charge >= 0.3 is 0 Å². The Morgan fingerprint density at radius 2 is 1.62 bits per heavy atom. The summed E-state index contributed by atoms with van der Waals surface area (Å²) in [5.74, 6) is 0.800. The Labute approximate surface area is 156 Å². The maximum absolute atomic E-state index is 11.3. The molecule has 6 nitrogen and oxygen atoms in total. The number of methoxy groups -OCH3 is 1. The summed E-state index contributed by atoms with van der Waals surface area (Å²) in [4.78, 5) is 5.73. The number of aryl methyl sites for hydroxylation is 1. The van der Waals surface area contributed by atoms with Crippen LogP contribution in [0.25, 0.3) is 11.3 Å². The van der Waals surface area contributed by atoms with Gasteiger partial charge in [0, 0.05) is 21.8 Å². The van der Waals surface area contributed by atoms with Crippen molar-refractivity contribution in [2.75, 3.05) is 23.4 Å². The normalized spacial score (nSPS) is 11.2. The van der Waals surface area contributed by atoms with Gasteiger partial charge in [-0.2, -0.15) is 0 Å². The van der Waals surface area contributed by atoms with E-state index in [0.29, 0.717) is 5.69 Å². The molecule has 3 aromatic rings. The third kappa shape index (κ3) is 4.53. The van der Waals surface area contributed by atoms with E-state index >= 15 is 0 Å². The van der Waals surface area contributed by atoms with Gasteiger partial charge in [0.2, 0.25) is 10.0 Å². The minimum atomic E-state index is -3.28. The van der Waals surface area contributed by atoms with E-state index in [4.69, 9.17) is 4.74 Å². The summed E-state index contributed by atoms with van der Waals surface area (Å²) in [6.07, 6.45) is 1.13. The number of thiazole rings is 1. The summed E-state index contributed by atoms with van der Waals surface area (Å²) in [5.41, 5.74) is 3.26. The van der Waals surface area contributed by atoms with Crippen molar-refractivity contribution in [3.8, 4) is 17.0 Å². The third-order valence-electron chi connectivity index (χ3n) is 3.60. The fourth-order valence-corrected chi connectivity index (χ4v) is 3.85. The summed E-state index contributed by atoms with van der Waals surface area (Å²) >= 11 is 1.56. The van der Waals surface area contributed by atoms with E-state index < -0.39 is 10.0 Å². The van der Waals surface area contributed by atoms with Gasteiger partial charge in [0.15, 0.2) is 5.13 Å². The van der Waals surface area contributed by atoms with E-state index in [2.05, 4.69) is 15.0 Å². The number of hydrogen-bond acceptors (Lipinski definition) is 6. The van der Waals surface area contributed by atoms with Crippen molar-refractivity contribution >= 4 is 37.9 Å². The van der Waals surface area contributed by atoms with E-state index in [0.717, 1.165) is 39.0 Å². The molecule has 0 saturated heterocycles. The molecular formula is C18H19N3O3S2. The zero-order valence-electron chi connectivity index (χ0n) is 14.6. The lowest BCUT2D eigenvalue weighted by Crippen LogP contribution is -2.09. The highest BCUT2D eigenvalue weighted by Crippen LogP contribution is 2.32. The predicted octanol–water partition coefficient (Wildman–Crippen LogP) is 4.24. The number of benzene rings is 2. The van der Waals surface area contributed by atoms with E-state index in [1.54, 1.807) is 30.6 Å². The highest BCUT2D eigenvalue weighted by Gasteiger charge is 2.11. The molecule has 1 heterocycles. The lowest BCUT2D eigenvalue weighted by atomic mass is 10.1. The van der Waals surface area contributed by atoms with Crippen molar-refractivity contribution in [1.82, 2.24) is 4.98 Å². The summed E-state index contributed by atoms with van der Waals surface area (Å²) < 4.78 is 30.2. The van der Waals surface area contributed by atoms with Crippen molar-refractivity contribution in [1.29, 1.82) is 0 Å². The highest BCUT2D eigenvalue weighted by atomic mass is 32.2. The SMILES string of the molecule is COc1ccc(Nc2nc(-c3ccc(NS(C)(=O)=O)cc3)c(C)s2)cc1. The first-order valence-electron chi connectivity index (χ1n) is 7.81. The third-order valence-corrected chi connectivity index (χ3v) is 5.09. The number of aromatic nitrogens is 1. The van der Waals surface area contributed by atoms with Gasteiger partial charge in [0.05, 0.1) is 19.1 Å². The van der Waals surface area contributed by atoms with Crippen LogP contribution in [0.3, 0.4) is 0 Å². The number of anilines is 3. The van der Waals surface area contributed by atoms with Crippen molar-refractivity contribution in [2.24, 2.45) is 0 Å². The molecule has 8 heteroatoms. The van der Waals surface area contributed by atoms with Crippen LogP contribution in [0.4, 0.5) is 16.5 Å². The van der Waals surface area contributed by atoms with Gasteiger partial charge in [-0.1, -0.05) is 12.1 Å². The largest absolute Gasteiger partial charge is 0.497 e. The van der Waals surface area contributed by atoms with Gasteiger partial charge in [-0.3, -0.25) is 4.72 Å². The average Bonchev–Trinajstić information content (AvgIpc) is 2.95. The summed E-state index contributed by atoms with van der Waals surface area (Å²) in [5, 5.41) is 4.08. The topological polar surface area (TPSA) is 80.3 Å². The average molecular weight is 390 g/mol. The Morgan fingerprint density at radius 1 is 1.00 bits per heavy atom. The molecule has 0 aliphatic carbocycles. The summed E-state index contributed by atoms with van der Waals surface area (Å²) in [6, 6.07) is 14.8. The molecule has 0 atom stereocenters. The van der Waals surface area contributed by atoms with E-state index in [-0.39, 0.29) is 0 Å². The Bertz CT molecular complexity index is 995. The first-order chi connectivity index (χ1) is 12.3. The summed E-state index contributed by atoms with van der Waals surface area (Å²) in [7, 11) is -1.65. The second-order valence-electron chi connectivity index (χ2n) is 5.73. The zero-order chi connectivity index (χ0) is 18.7. The molecule has 2 N–H and O–H groups in total. The van der Waals surface area contributed by atoms with Crippen LogP contribution in [0.1, 0.15) is 4.88 Å². The van der Waals surface area contributed by atoms with Gasteiger partial charge in [0.1, 0.15) is 5.75 Å². The van der Waals surface area contributed by atoms with Crippen LogP contribution in [0, 0.1) is 6.92 Å². The molecule has 2 aromatic carbocycles. The molecule has 0 amide bonds. The molecule has 26 heavy (non-hydrogen) atoms. The van der Waals surface area contributed by atoms with Crippen molar-refractivity contribution in [3.63, 3.8) is 0 Å². The number of nitrogens with zero attached hydrogens (tertiary/aromatic N) is 1. The quantitative estimate of drug-likeness (QED) is 0.659. The van der Waals surface area contributed by atoms with Crippen LogP contribution in [0.2, 0.25) is 0 Å². The van der Waals surface area contributed by atoms with E-state index in [1.165, 1.54) is 0 Å². The lowest BCUT2D eigenvalue weighted by Gasteiger charge is -2.05. The second-order valence-corrected chi connectivity index (χ2v) is 8.68. The predicted molar refractivity (Wildman–Crippen MR) is 107 cm³/mol. The van der Waals surface area contributed by atoms with Gasteiger partial charge in [0.25, 0.3) is 0 Å². The molecule has 0 radical (unpaired) electrons. The number of nitrogens with one attached hydrogen (secondary N) is 2. The molecule has 136 valence electrons. The second kappa shape index (κ2) is 7.35. The molecule has 1 aromatic heterocycles. The lowest BCUT2D eigenvalue weighted by molar-refractivity contribution is 0.415. The molecule has 0 bridgehead atoms. The van der Waals surface area contributed by atoms with Gasteiger partial charge in [-0.15, -0.1) is 11.3 Å². The molecule has 0 fully saturated rings. The van der Waals surface area contributed by atoms with Crippen molar-refractivity contribution in [3.05, 3.63) is 53.4 Å². The number of ether oxygens (including phenoxy) is 1.